The summed E-state index contributed by atoms with van der Waals surface area (Å²) in [5, 5.41) is 4.12. The number of ether oxygens (including phenoxy) is 2. The van der Waals surface area contributed by atoms with Crippen LogP contribution >= 0.6 is 0 Å². The maximum atomic E-state index is 5.96. The second-order valence-electron chi connectivity index (χ2n) is 5.51. The highest BCUT2D eigenvalue weighted by Crippen LogP contribution is 2.43. The molecule has 2 N–H and O–H groups in total. The standard InChI is InChI=1S/C12H17N3O3/c13-9-5-16-4-8(9)12-14-11(15-18-12)7-3-6-1-2-10(7)17-6/h6-10H,1-5,13H2. The number of nitrogens with two attached hydrogens (primary N) is 1. The SMILES string of the molecule is NC1COCC1c1nc(C2CC3CCC2O3)no1. The Kier molecular flexibility index (Phi) is 2.43. The maximum absolute atomic E-state index is 5.96. The Morgan fingerprint density at radius 1 is 1.17 bits per heavy atom. The van der Waals surface area contributed by atoms with Crippen molar-refractivity contribution in [1.82, 2.24) is 10.1 Å². The molecule has 0 saturated carbocycles. The second kappa shape index (κ2) is 4.01. The van der Waals surface area contributed by atoms with E-state index in [9.17, 15) is 0 Å². The molecule has 98 valence electrons. The summed E-state index contributed by atoms with van der Waals surface area (Å²) in [6.45, 7) is 1.15. The first-order valence-electron chi connectivity index (χ1n) is 6.63. The Balaban J connectivity index is 1.55. The molecule has 1 aromatic heterocycles. The lowest BCUT2D eigenvalue weighted by Crippen LogP contribution is -2.27. The van der Waals surface area contributed by atoms with Crippen LogP contribution in [-0.2, 0) is 9.47 Å². The van der Waals surface area contributed by atoms with Crippen molar-refractivity contribution in [2.75, 3.05) is 13.2 Å². The van der Waals surface area contributed by atoms with Gasteiger partial charge < -0.3 is 19.7 Å². The Morgan fingerprint density at radius 3 is 2.78 bits per heavy atom. The first-order valence-corrected chi connectivity index (χ1v) is 6.63. The highest BCUT2D eigenvalue weighted by atomic mass is 16.5. The third-order valence-electron chi connectivity index (χ3n) is 4.34. The van der Waals surface area contributed by atoms with E-state index in [0.29, 0.717) is 31.1 Å². The van der Waals surface area contributed by atoms with Gasteiger partial charge >= 0.3 is 0 Å². The summed E-state index contributed by atoms with van der Waals surface area (Å²) in [5.41, 5.74) is 5.96. The fourth-order valence-corrected chi connectivity index (χ4v) is 3.28. The molecule has 0 aliphatic carbocycles. The lowest BCUT2D eigenvalue weighted by atomic mass is 9.89. The molecule has 0 radical (unpaired) electrons. The fraction of sp³-hybridized carbons (Fsp3) is 0.833. The molecule has 3 fully saturated rings. The van der Waals surface area contributed by atoms with Gasteiger partial charge in [0.15, 0.2) is 5.82 Å². The van der Waals surface area contributed by atoms with E-state index in [-0.39, 0.29) is 18.1 Å². The second-order valence-corrected chi connectivity index (χ2v) is 5.51. The summed E-state index contributed by atoms with van der Waals surface area (Å²) in [4.78, 5) is 4.53. The molecule has 6 nitrogen and oxygen atoms in total. The Hall–Kier alpha value is -0.980. The first-order chi connectivity index (χ1) is 8.81. The minimum atomic E-state index is -0.0328. The summed E-state index contributed by atoms with van der Waals surface area (Å²) >= 11 is 0. The van der Waals surface area contributed by atoms with Crippen LogP contribution < -0.4 is 5.73 Å². The van der Waals surface area contributed by atoms with Crippen molar-refractivity contribution in [2.45, 2.75) is 49.3 Å². The van der Waals surface area contributed by atoms with Crippen molar-refractivity contribution in [3.8, 4) is 0 Å². The van der Waals surface area contributed by atoms with Crippen LogP contribution in [0.25, 0.3) is 0 Å². The number of hydrogen-bond acceptors (Lipinski definition) is 6. The van der Waals surface area contributed by atoms with E-state index in [1.165, 1.54) is 6.42 Å². The minimum Gasteiger partial charge on any atom is -0.379 e. The Labute approximate surface area is 105 Å². The minimum absolute atomic E-state index is 0.0328. The molecule has 4 rings (SSSR count). The van der Waals surface area contributed by atoms with Crippen LogP contribution in [0.3, 0.4) is 0 Å². The predicted molar refractivity (Wildman–Crippen MR) is 61.1 cm³/mol. The van der Waals surface area contributed by atoms with Gasteiger partial charge in [-0.05, 0) is 19.3 Å². The van der Waals surface area contributed by atoms with Crippen molar-refractivity contribution >= 4 is 0 Å². The zero-order valence-corrected chi connectivity index (χ0v) is 10.1. The highest BCUT2D eigenvalue weighted by molar-refractivity contribution is 5.09. The van der Waals surface area contributed by atoms with Crippen molar-refractivity contribution in [1.29, 1.82) is 0 Å². The summed E-state index contributed by atoms with van der Waals surface area (Å²) in [5.74, 6) is 1.76. The van der Waals surface area contributed by atoms with Gasteiger partial charge in [-0.15, -0.1) is 0 Å². The van der Waals surface area contributed by atoms with Crippen molar-refractivity contribution in [3.05, 3.63) is 11.7 Å². The number of nitrogens with zero attached hydrogens (tertiary/aromatic N) is 2. The van der Waals surface area contributed by atoms with Gasteiger partial charge in [-0.3, -0.25) is 0 Å². The smallest absolute Gasteiger partial charge is 0.233 e. The van der Waals surface area contributed by atoms with Gasteiger partial charge in [0, 0.05) is 6.04 Å². The van der Waals surface area contributed by atoms with Crippen molar-refractivity contribution in [3.63, 3.8) is 0 Å². The monoisotopic (exact) mass is 251 g/mol. The van der Waals surface area contributed by atoms with E-state index >= 15 is 0 Å². The average molecular weight is 251 g/mol. The van der Waals surface area contributed by atoms with E-state index in [2.05, 4.69) is 10.1 Å². The lowest BCUT2D eigenvalue weighted by molar-refractivity contribution is 0.0996. The molecule has 3 saturated heterocycles. The van der Waals surface area contributed by atoms with E-state index in [1.54, 1.807) is 0 Å². The van der Waals surface area contributed by atoms with Crippen LogP contribution in [0.2, 0.25) is 0 Å². The zero-order valence-electron chi connectivity index (χ0n) is 10.1. The number of aromatic nitrogens is 2. The molecule has 5 atom stereocenters. The summed E-state index contributed by atoms with van der Waals surface area (Å²) in [6.07, 6.45) is 4.00. The predicted octanol–water partition coefficient (Wildman–Crippen LogP) is 0.546. The summed E-state index contributed by atoms with van der Waals surface area (Å²) in [7, 11) is 0. The van der Waals surface area contributed by atoms with E-state index in [1.807, 2.05) is 0 Å². The van der Waals surface area contributed by atoms with Crippen molar-refractivity contribution in [2.24, 2.45) is 5.73 Å². The molecule has 4 heterocycles. The van der Waals surface area contributed by atoms with Crippen LogP contribution in [0.15, 0.2) is 4.52 Å². The largest absolute Gasteiger partial charge is 0.379 e. The molecule has 6 heteroatoms. The molecule has 0 amide bonds. The highest BCUT2D eigenvalue weighted by Gasteiger charge is 2.44. The summed E-state index contributed by atoms with van der Waals surface area (Å²) in [6, 6.07) is -0.0328. The third kappa shape index (κ3) is 1.60. The first kappa shape index (κ1) is 10.9. The molecule has 3 aliphatic heterocycles. The van der Waals surface area contributed by atoms with Gasteiger partial charge in [-0.25, -0.2) is 0 Å². The van der Waals surface area contributed by atoms with E-state index in [4.69, 9.17) is 19.7 Å². The average Bonchev–Trinajstić information content (AvgIpc) is 3.12. The number of rotatable bonds is 2. The zero-order chi connectivity index (χ0) is 12.1. The van der Waals surface area contributed by atoms with Gasteiger partial charge in [-0.2, -0.15) is 4.98 Å². The molecule has 0 aromatic carbocycles. The third-order valence-corrected chi connectivity index (χ3v) is 4.34. The topological polar surface area (TPSA) is 83.4 Å². The van der Waals surface area contributed by atoms with Crippen LogP contribution in [0.4, 0.5) is 0 Å². The van der Waals surface area contributed by atoms with E-state index < -0.39 is 0 Å². The lowest BCUT2D eigenvalue weighted by Gasteiger charge is -2.14. The molecular weight excluding hydrogens is 234 g/mol. The van der Waals surface area contributed by atoms with Gasteiger partial charge in [0.25, 0.3) is 0 Å². The molecular formula is C12H17N3O3. The van der Waals surface area contributed by atoms with Crippen molar-refractivity contribution < 1.29 is 14.0 Å². The van der Waals surface area contributed by atoms with Crippen LogP contribution in [0.5, 0.6) is 0 Å². The quantitative estimate of drug-likeness (QED) is 0.826. The number of fused-ring (bicyclic) bond motifs is 2. The molecule has 2 bridgehead atoms. The van der Waals surface area contributed by atoms with Gasteiger partial charge in [0.2, 0.25) is 5.89 Å². The van der Waals surface area contributed by atoms with Crippen LogP contribution in [-0.4, -0.2) is 41.6 Å². The Bertz CT molecular complexity index is 450. The normalized spacial score (nSPS) is 42.8. The molecule has 0 spiro atoms. The molecule has 1 aromatic rings. The Morgan fingerprint density at radius 2 is 2.11 bits per heavy atom. The van der Waals surface area contributed by atoms with Gasteiger partial charge in [-0.1, -0.05) is 5.16 Å². The molecule has 18 heavy (non-hydrogen) atoms. The number of hydrogen-bond donors (Lipinski definition) is 1. The van der Waals surface area contributed by atoms with Gasteiger partial charge in [0.1, 0.15) is 0 Å². The van der Waals surface area contributed by atoms with Crippen LogP contribution in [0.1, 0.15) is 42.8 Å². The van der Waals surface area contributed by atoms with Gasteiger partial charge in [0.05, 0.1) is 37.3 Å². The summed E-state index contributed by atoms with van der Waals surface area (Å²) < 4.78 is 16.5. The maximum Gasteiger partial charge on any atom is 0.233 e. The fourth-order valence-electron chi connectivity index (χ4n) is 3.28. The molecule has 3 aliphatic rings. The molecule has 5 unspecified atom stereocenters. The van der Waals surface area contributed by atoms with Crippen LogP contribution in [0, 0.1) is 0 Å². The van der Waals surface area contributed by atoms with E-state index in [0.717, 1.165) is 18.7 Å².